The highest BCUT2D eigenvalue weighted by atomic mass is 16.5. The van der Waals surface area contributed by atoms with E-state index in [1.54, 1.807) is 18.3 Å². The predicted molar refractivity (Wildman–Crippen MR) is 87.1 cm³/mol. The van der Waals surface area contributed by atoms with Gasteiger partial charge in [-0.05, 0) is 38.1 Å². The molecule has 0 saturated heterocycles. The van der Waals surface area contributed by atoms with Crippen LogP contribution in [0.15, 0.2) is 42.8 Å². The van der Waals surface area contributed by atoms with E-state index >= 15 is 0 Å². The first-order valence-corrected chi connectivity index (χ1v) is 7.10. The number of aryl methyl sites for hydroxylation is 2. The topological polar surface area (TPSA) is 57.5 Å². The fraction of sp³-hybridized carbons (Fsp3) is 0.222. The Kier molecular flexibility index (Phi) is 5.01. The standard InChI is InChI=1S/C18H19NO4/c1-12-8-13(2)10-14(9-12)17(20)15-6-5-7-19(15)16(11-22-3)18(21)23-4/h5-11H,1-4H3/b16-11+. The number of rotatable bonds is 5. The van der Waals surface area contributed by atoms with Crippen LogP contribution in [0.5, 0.6) is 0 Å². The van der Waals surface area contributed by atoms with E-state index in [4.69, 9.17) is 9.47 Å². The Morgan fingerprint density at radius 1 is 1.09 bits per heavy atom. The summed E-state index contributed by atoms with van der Waals surface area (Å²) in [6, 6.07) is 9.00. The van der Waals surface area contributed by atoms with Gasteiger partial charge in [-0.2, -0.15) is 0 Å². The minimum atomic E-state index is -0.586. The zero-order chi connectivity index (χ0) is 17.0. The number of ketones is 1. The molecule has 2 aromatic rings. The lowest BCUT2D eigenvalue weighted by Crippen LogP contribution is -2.16. The van der Waals surface area contributed by atoms with Gasteiger partial charge in [0.15, 0.2) is 5.70 Å². The number of hydrogen-bond acceptors (Lipinski definition) is 4. The summed E-state index contributed by atoms with van der Waals surface area (Å²) in [4.78, 5) is 24.7. The minimum absolute atomic E-state index is 0.132. The summed E-state index contributed by atoms with van der Waals surface area (Å²) < 4.78 is 11.2. The monoisotopic (exact) mass is 313 g/mol. The molecular formula is C18H19NO4. The van der Waals surface area contributed by atoms with Crippen LogP contribution in [0.25, 0.3) is 5.70 Å². The van der Waals surface area contributed by atoms with Crippen LogP contribution in [0.1, 0.15) is 27.2 Å². The maximum atomic E-state index is 12.8. The van der Waals surface area contributed by atoms with Crippen molar-refractivity contribution in [3.63, 3.8) is 0 Å². The van der Waals surface area contributed by atoms with Gasteiger partial charge in [-0.15, -0.1) is 0 Å². The van der Waals surface area contributed by atoms with Gasteiger partial charge in [0.1, 0.15) is 6.26 Å². The number of carbonyl (C=O) groups excluding carboxylic acids is 2. The van der Waals surface area contributed by atoms with Gasteiger partial charge >= 0.3 is 5.97 Å². The first-order valence-electron chi connectivity index (χ1n) is 7.10. The van der Waals surface area contributed by atoms with Gasteiger partial charge in [0.05, 0.1) is 19.9 Å². The molecule has 1 heterocycles. The maximum absolute atomic E-state index is 12.8. The van der Waals surface area contributed by atoms with E-state index in [1.807, 2.05) is 32.0 Å². The molecule has 5 heteroatoms. The van der Waals surface area contributed by atoms with Crippen LogP contribution in [0.4, 0.5) is 0 Å². The highest BCUT2D eigenvalue weighted by Gasteiger charge is 2.20. The van der Waals surface area contributed by atoms with Crippen molar-refractivity contribution in [3.8, 4) is 0 Å². The molecule has 5 nitrogen and oxygen atoms in total. The molecule has 0 N–H and O–H groups in total. The molecule has 0 amide bonds. The molecule has 0 radical (unpaired) electrons. The van der Waals surface area contributed by atoms with Gasteiger partial charge < -0.3 is 14.0 Å². The lowest BCUT2D eigenvalue weighted by atomic mass is 10.0. The van der Waals surface area contributed by atoms with Crippen molar-refractivity contribution in [2.24, 2.45) is 0 Å². The second-order valence-corrected chi connectivity index (χ2v) is 5.20. The molecule has 1 aromatic heterocycles. The average molecular weight is 313 g/mol. The SMILES string of the molecule is CO/C=C(\C(=O)OC)n1cccc1C(=O)c1cc(C)cc(C)c1. The number of benzene rings is 1. The van der Waals surface area contributed by atoms with Crippen LogP contribution in [0, 0.1) is 13.8 Å². The van der Waals surface area contributed by atoms with Crippen molar-refractivity contribution in [2.45, 2.75) is 13.8 Å². The minimum Gasteiger partial charge on any atom is -0.502 e. The zero-order valence-corrected chi connectivity index (χ0v) is 13.6. The number of esters is 1. The van der Waals surface area contributed by atoms with E-state index in [0.29, 0.717) is 11.3 Å². The number of aromatic nitrogens is 1. The summed E-state index contributed by atoms with van der Waals surface area (Å²) in [5.41, 5.74) is 3.08. The van der Waals surface area contributed by atoms with E-state index in [-0.39, 0.29) is 11.5 Å². The quantitative estimate of drug-likeness (QED) is 0.368. The molecule has 0 spiro atoms. The van der Waals surface area contributed by atoms with Crippen LogP contribution in [0.2, 0.25) is 0 Å². The Morgan fingerprint density at radius 3 is 2.30 bits per heavy atom. The molecule has 0 aliphatic carbocycles. The van der Waals surface area contributed by atoms with Crippen LogP contribution < -0.4 is 0 Å². The van der Waals surface area contributed by atoms with E-state index in [0.717, 1.165) is 11.1 Å². The van der Waals surface area contributed by atoms with E-state index in [9.17, 15) is 9.59 Å². The van der Waals surface area contributed by atoms with Crippen molar-refractivity contribution in [2.75, 3.05) is 14.2 Å². The highest BCUT2D eigenvalue weighted by Crippen LogP contribution is 2.18. The van der Waals surface area contributed by atoms with Crippen molar-refractivity contribution >= 4 is 17.4 Å². The molecule has 0 unspecified atom stereocenters. The zero-order valence-electron chi connectivity index (χ0n) is 13.6. The molecule has 0 atom stereocenters. The Labute approximate surface area is 135 Å². The summed E-state index contributed by atoms with van der Waals surface area (Å²) >= 11 is 0. The van der Waals surface area contributed by atoms with Crippen molar-refractivity contribution < 1.29 is 19.1 Å². The van der Waals surface area contributed by atoms with E-state index < -0.39 is 5.97 Å². The summed E-state index contributed by atoms with van der Waals surface area (Å²) in [6.07, 6.45) is 2.88. The third kappa shape index (κ3) is 3.51. The number of hydrogen-bond donors (Lipinski definition) is 0. The summed E-state index contributed by atoms with van der Waals surface area (Å²) in [6.45, 7) is 3.88. The Morgan fingerprint density at radius 2 is 1.74 bits per heavy atom. The van der Waals surface area contributed by atoms with Gasteiger partial charge in [0.2, 0.25) is 5.78 Å². The van der Waals surface area contributed by atoms with Crippen LogP contribution in [-0.4, -0.2) is 30.5 Å². The average Bonchev–Trinajstić information content (AvgIpc) is 2.99. The molecule has 0 saturated carbocycles. The van der Waals surface area contributed by atoms with E-state index in [2.05, 4.69) is 0 Å². The number of carbonyl (C=O) groups is 2. The Hall–Kier alpha value is -2.82. The molecule has 2 rings (SSSR count). The number of methoxy groups -OCH3 is 2. The fourth-order valence-electron chi connectivity index (χ4n) is 2.45. The Bertz CT molecular complexity index is 751. The smallest absolute Gasteiger partial charge is 0.358 e. The largest absolute Gasteiger partial charge is 0.502 e. The van der Waals surface area contributed by atoms with Crippen LogP contribution in [0.3, 0.4) is 0 Å². The molecule has 0 aliphatic heterocycles. The maximum Gasteiger partial charge on any atom is 0.358 e. The molecular weight excluding hydrogens is 294 g/mol. The fourth-order valence-corrected chi connectivity index (χ4v) is 2.45. The molecule has 120 valence electrons. The predicted octanol–water partition coefficient (Wildman–Crippen LogP) is 2.95. The second-order valence-electron chi connectivity index (χ2n) is 5.20. The van der Waals surface area contributed by atoms with Gasteiger partial charge in [-0.3, -0.25) is 4.79 Å². The Balaban J connectivity index is 2.50. The normalized spacial score (nSPS) is 11.2. The first-order chi connectivity index (χ1) is 11.0. The summed E-state index contributed by atoms with van der Waals surface area (Å²) in [5.74, 6) is -0.759. The van der Waals surface area contributed by atoms with Gasteiger partial charge in [-0.1, -0.05) is 17.2 Å². The number of nitrogens with zero attached hydrogens (tertiary/aromatic N) is 1. The summed E-state index contributed by atoms with van der Waals surface area (Å²) in [7, 11) is 2.71. The van der Waals surface area contributed by atoms with Crippen LogP contribution >= 0.6 is 0 Å². The molecule has 23 heavy (non-hydrogen) atoms. The third-order valence-electron chi connectivity index (χ3n) is 3.35. The van der Waals surface area contributed by atoms with Crippen molar-refractivity contribution in [1.29, 1.82) is 0 Å². The molecule has 0 aliphatic rings. The van der Waals surface area contributed by atoms with Gasteiger partial charge in [-0.25, -0.2) is 4.79 Å². The van der Waals surface area contributed by atoms with Crippen LogP contribution in [-0.2, 0) is 14.3 Å². The lowest BCUT2D eigenvalue weighted by molar-refractivity contribution is -0.134. The van der Waals surface area contributed by atoms with Gasteiger partial charge in [0.25, 0.3) is 0 Å². The highest BCUT2D eigenvalue weighted by molar-refractivity contribution is 6.14. The first kappa shape index (κ1) is 16.5. The lowest BCUT2D eigenvalue weighted by Gasteiger charge is -2.11. The van der Waals surface area contributed by atoms with Gasteiger partial charge in [0, 0.05) is 11.8 Å². The molecule has 1 aromatic carbocycles. The molecule has 0 bridgehead atoms. The van der Waals surface area contributed by atoms with E-state index in [1.165, 1.54) is 25.0 Å². The number of ether oxygens (including phenoxy) is 2. The third-order valence-corrected chi connectivity index (χ3v) is 3.35. The van der Waals surface area contributed by atoms with Crippen molar-refractivity contribution in [3.05, 3.63) is 65.2 Å². The second kappa shape index (κ2) is 6.96. The summed E-state index contributed by atoms with van der Waals surface area (Å²) in [5, 5.41) is 0. The molecule has 0 fully saturated rings. The van der Waals surface area contributed by atoms with Crippen molar-refractivity contribution in [1.82, 2.24) is 4.57 Å².